The lowest BCUT2D eigenvalue weighted by Crippen LogP contribution is -2.34. The lowest BCUT2D eigenvalue weighted by molar-refractivity contribution is -0.137. The van der Waals surface area contributed by atoms with E-state index in [4.69, 9.17) is 9.97 Å². The summed E-state index contributed by atoms with van der Waals surface area (Å²) in [6.07, 6.45) is 4.89. The molecule has 0 aromatic carbocycles. The minimum Gasteiger partial charge on any atom is -0.481 e. The molecule has 5 heterocycles. The monoisotopic (exact) mass is 660 g/mol. The summed E-state index contributed by atoms with van der Waals surface area (Å²) in [4.78, 5) is 44.3. The number of aromatic nitrogens is 4. The smallest absolute Gasteiger partial charge is 0.303 e. The van der Waals surface area contributed by atoms with E-state index >= 15 is 0 Å². The Balaban J connectivity index is 1.72. The third kappa shape index (κ3) is 7.37. The van der Waals surface area contributed by atoms with E-state index in [1.165, 1.54) is 0 Å². The molecule has 2 aliphatic heterocycles. The Labute approximate surface area is 288 Å². The molecule has 0 aliphatic carbocycles. The molecule has 0 saturated carbocycles. The second kappa shape index (κ2) is 15.0. The first kappa shape index (κ1) is 35.3. The minimum atomic E-state index is -0.857. The molecule has 0 spiro atoms. The van der Waals surface area contributed by atoms with Gasteiger partial charge in [-0.1, -0.05) is 39.2 Å². The van der Waals surface area contributed by atoms with E-state index < -0.39 is 5.97 Å². The van der Waals surface area contributed by atoms with E-state index in [9.17, 15) is 14.7 Å². The summed E-state index contributed by atoms with van der Waals surface area (Å²) in [7, 11) is 0. The number of amides is 1. The van der Waals surface area contributed by atoms with Gasteiger partial charge in [-0.05, 0) is 111 Å². The molecule has 3 aromatic rings. The summed E-state index contributed by atoms with van der Waals surface area (Å²) in [5.74, 6) is -0.854. The number of fused-ring (bicyclic) bond motifs is 8. The molecule has 0 radical (unpaired) electrons. The van der Waals surface area contributed by atoms with Gasteiger partial charge >= 0.3 is 5.97 Å². The highest BCUT2D eigenvalue weighted by molar-refractivity contribution is 5.98. The maximum atomic E-state index is 13.0. The molecule has 2 aliphatic rings. The van der Waals surface area contributed by atoms with Crippen LogP contribution in [0.2, 0.25) is 0 Å². The van der Waals surface area contributed by atoms with E-state index in [-0.39, 0.29) is 12.3 Å². The van der Waals surface area contributed by atoms with Gasteiger partial charge in [-0.25, -0.2) is 9.97 Å². The highest BCUT2D eigenvalue weighted by atomic mass is 16.4. The Morgan fingerprint density at radius 1 is 0.796 bits per heavy atom. The van der Waals surface area contributed by atoms with Crippen molar-refractivity contribution in [1.82, 2.24) is 30.2 Å². The lowest BCUT2D eigenvalue weighted by atomic mass is 10.00. The zero-order valence-corrected chi connectivity index (χ0v) is 29.6. The molecule has 0 atom stereocenters. The fourth-order valence-corrected chi connectivity index (χ4v) is 6.76. The molecular weight excluding hydrogens is 612 g/mol. The molecule has 49 heavy (non-hydrogen) atoms. The highest BCUT2D eigenvalue weighted by Crippen LogP contribution is 2.36. The fourth-order valence-electron chi connectivity index (χ4n) is 6.76. The van der Waals surface area contributed by atoms with Gasteiger partial charge < -0.3 is 25.3 Å². The molecule has 9 heteroatoms. The first-order valence-electron chi connectivity index (χ1n) is 17.1. The summed E-state index contributed by atoms with van der Waals surface area (Å²) in [5.41, 5.74) is 14.5. The third-order valence-electron chi connectivity index (χ3n) is 9.88. The third-order valence-corrected chi connectivity index (χ3v) is 9.88. The standard InChI is InChI=1S/C40H48N6O3/c1-9-27-23(5)31-19-32-25(7)29(13-15-39(47)41-17-18-46(11-3)12-4)37(44-32)22-38-30(14-16-40(48)49)26(8)34(45-38)21-36-28(10-2)24(6)33(43-36)20-35(27)42-31/h9-10,19-22,42,45H,1-2,11-18H2,3-8H3,(H,41,47)(H,48,49). The number of likely N-dealkylation sites (N-methyl/N-ethyl adjacent to an activating group) is 1. The molecule has 5 rings (SSSR count). The summed E-state index contributed by atoms with van der Waals surface area (Å²) < 4.78 is 0. The average Bonchev–Trinajstić information content (AvgIpc) is 3.73. The number of aromatic amines is 2. The molecule has 4 N–H and O–H groups in total. The van der Waals surface area contributed by atoms with Gasteiger partial charge in [0.25, 0.3) is 0 Å². The Bertz CT molecular complexity index is 2050. The Morgan fingerprint density at radius 2 is 1.41 bits per heavy atom. The molecule has 9 nitrogen and oxygen atoms in total. The van der Waals surface area contributed by atoms with Crippen molar-refractivity contribution in [3.63, 3.8) is 0 Å². The van der Waals surface area contributed by atoms with Crippen LogP contribution in [0.1, 0.15) is 92.0 Å². The maximum Gasteiger partial charge on any atom is 0.303 e. The zero-order chi connectivity index (χ0) is 35.4. The number of aliphatic carboxylic acids is 1. The lowest BCUT2D eigenvalue weighted by Gasteiger charge is -2.18. The highest BCUT2D eigenvalue weighted by Gasteiger charge is 2.21. The van der Waals surface area contributed by atoms with Crippen LogP contribution in [0.3, 0.4) is 0 Å². The number of allylic oxidation sites excluding steroid dienone is 5. The largest absolute Gasteiger partial charge is 0.481 e. The Hall–Kier alpha value is -5.02. The SMILES string of the molecule is C=CC1=C(C)c2cc3[nH]c(cc4nc(cc5[nH]c(cc1n2)c(C)c5CCC(=O)O)C(CCC(=O)NCCN(CC)CC)=C4C)c(C)c3C=C. The molecule has 0 fully saturated rings. The minimum absolute atomic E-state index is 0.00286. The normalized spacial score (nSPS) is 13.0. The summed E-state index contributed by atoms with van der Waals surface area (Å²) in [5, 5.41) is 12.7. The number of nitrogens with zero attached hydrogens (tertiary/aromatic N) is 3. The molecule has 8 bridgehead atoms. The van der Waals surface area contributed by atoms with Gasteiger partial charge in [0.2, 0.25) is 5.91 Å². The predicted molar refractivity (Wildman–Crippen MR) is 202 cm³/mol. The van der Waals surface area contributed by atoms with Crippen LogP contribution in [-0.2, 0) is 16.0 Å². The first-order valence-corrected chi connectivity index (χ1v) is 17.1. The van der Waals surface area contributed by atoms with Crippen molar-refractivity contribution in [3.8, 4) is 0 Å². The van der Waals surface area contributed by atoms with Crippen molar-refractivity contribution in [1.29, 1.82) is 0 Å². The molecule has 256 valence electrons. The maximum absolute atomic E-state index is 13.0. The van der Waals surface area contributed by atoms with Gasteiger partial charge in [0, 0.05) is 59.1 Å². The first-order chi connectivity index (χ1) is 23.5. The van der Waals surface area contributed by atoms with Crippen LogP contribution >= 0.6 is 0 Å². The van der Waals surface area contributed by atoms with Crippen molar-refractivity contribution < 1.29 is 14.7 Å². The topological polar surface area (TPSA) is 127 Å². The number of nitrogens with one attached hydrogen (secondary N) is 3. The Morgan fingerprint density at radius 3 is 2.08 bits per heavy atom. The van der Waals surface area contributed by atoms with Gasteiger partial charge in [0.05, 0.1) is 22.8 Å². The average molecular weight is 661 g/mol. The van der Waals surface area contributed by atoms with Gasteiger partial charge in [-0.15, -0.1) is 0 Å². The van der Waals surface area contributed by atoms with E-state index in [0.717, 1.165) is 109 Å². The number of rotatable bonds is 13. The van der Waals surface area contributed by atoms with E-state index in [1.807, 2.05) is 44.2 Å². The van der Waals surface area contributed by atoms with E-state index in [2.05, 4.69) is 67.1 Å². The number of carbonyl (C=O) groups is 2. The Kier molecular flexibility index (Phi) is 10.8. The van der Waals surface area contributed by atoms with Crippen molar-refractivity contribution in [2.24, 2.45) is 0 Å². The number of hydrogen-bond donors (Lipinski definition) is 4. The molecule has 3 aromatic heterocycles. The van der Waals surface area contributed by atoms with Gasteiger partial charge in [-0.3, -0.25) is 9.59 Å². The summed E-state index contributed by atoms with van der Waals surface area (Å²) in [6.45, 7) is 23.9. The quantitative estimate of drug-likeness (QED) is 0.148. The van der Waals surface area contributed by atoms with Crippen LogP contribution in [0.5, 0.6) is 0 Å². The van der Waals surface area contributed by atoms with E-state index in [1.54, 1.807) is 0 Å². The second-order valence-corrected chi connectivity index (χ2v) is 12.7. The number of H-pyrrole nitrogens is 2. The predicted octanol–water partition coefficient (Wildman–Crippen LogP) is 7.88. The number of carboxylic acid groups (broad SMARTS) is 1. The summed E-state index contributed by atoms with van der Waals surface area (Å²) >= 11 is 0. The van der Waals surface area contributed by atoms with Crippen LogP contribution in [0.25, 0.3) is 50.4 Å². The van der Waals surface area contributed by atoms with Crippen molar-refractivity contribution in [2.45, 2.75) is 67.2 Å². The molecule has 0 unspecified atom stereocenters. The number of carbonyl (C=O) groups excluding carboxylic acids is 1. The number of carboxylic acids is 1. The van der Waals surface area contributed by atoms with Crippen LogP contribution in [0, 0.1) is 13.8 Å². The molecular formula is C40H48N6O3. The van der Waals surface area contributed by atoms with Crippen molar-refractivity contribution >= 4 is 62.3 Å². The number of hydrogen-bond acceptors (Lipinski definition) is 5. The zero-order valence-electron chi connectivity index (χ0n) is 29.6. The van der Waals surface area contributed by atoms with Crippen molar-refractivity contribution in [2.75, 3.05) is 26.2 Å². The second-order valence-electron chi connectivity index (χ2n) is 12.7. The van der Waals surface area contributed by atoms with Gasteiger partial charge in [-0.2, -0.15) is 0 Å². The van der Waals surface area contributed by atoms with Gasteiger partial charge in [0.15, 0.2) is 0 Å². The molecule has 1 amide bonds. The van der Waals surface area contributed by atoms with Gasteiger partial charge in [0.1, 0.15) is 0 Å². The summed E-state index contributed by atoms with van der Waals surface area (Å²) in [6, 6.07) is 8.12. The number of aryl methyl sites for hydroxylation is 3. The van der Waals surface area contributed by atoms with Crippen molar-refractivity contribution in [3.05, 3.63) is 88.5 Å². The van der Waals surface area contributed by atoms with Crippen LogP contribution < -0.4 is 5.32 Å². The van der Waals surface area contributed by atoms with E-state index in [0.29, 0.717) is 25.8 Å². The fraction of sp³-hybridized carbons (Fsp3) is 0.350. The van der Waals surface area contributed by atoms with Crippen LogP contribution in [-0.4, -0.2) is 68.0 Å². The van der Waals surface area contributed by atoms with Crippen LogP contribution in [0.4, 0.5) is 0 Å². The molecule has 0 saturated heterocycles. The van der Waals surface area contributed by atoms with Crippen LogP contribution in [0.15, 0.2) is 43.5 Å².